The normalized spacial score (nSPS) is 15.9. The molecule has 0 aromatic heterocycles. The van der Waals surface area contributed by atoms with Crippen LogP contribution < -0.4 is 11.6 Å². The molecule has 0 aliphatic rings. The van der Waals surface area contributed by atoms with Crippen LogP contribution in [0.4, 0.5) is 0 Å². The van der Waals surface area contributed by atoms with Gasteiger partial charge < -0.3 is 20.4 Å². The number of rotatable bonds is 5. The van der Waals surface area contributed by atoms with Gasteiger partial charge in [0.05, 0.1) is 6.61 Å². The number of hydrogen-bond acceptors (Lipinski definition) is 5. The van der Waals surface area contributed by atoms with Crippen LogP contribution in [0.2, 0.25) is 0 Å². The van der Waals surface area contributed by atoms with Crippen molar-refractivity contribution in [1.82, 2.24) is 0 Å². The zero-order valence-corrected chi connectivity index (χ0v) is 8.70. The molecular formula is C8H20N2O3. The van der Waals surface area contributed by atoms with Gasteiger partial charge in [-0.05, 0) is 13.8 Å². The number of hydrogen-bond donors (Lipinski definition) is 3. The minimum Gasteiger partial charge on any atom is -0.367 e. The summed E-state index contributed by atoms with van der Waals surface area (Å²) in [6.07, 6.45) is -1.00. The molecule has 0 fully saturated rings. The van der Waals surface area contributed by atoms with Crippen molar-refractivity contribution >= 4 is 0 Å². The summed E-state index contributed by atoms with van der Waals surface area (Å²) in [5.74, 6) is 4.92. The van der Waals surface area contributed by atoms with E-state index in [-0.39, 0.29) is 6.61 Å². The standard InChI is InChI=1S/C8H20N2O3/c1-7(2,5-12-10)6(11)13-8(3,4)9/h6,11H,5,9-10H2,1-4H3. The fourth-order valence-electron chi connectivity index (χ4n) is 0.733. The van der Waals surface area contributed by atoms with Crippen molar-refractivity contribution in [2.45, 2.75) is 39.7 Å². The molecule has 0 saturated carbocycles. The summed E-state index contributed by atoms with van der Waals surface area (Å²) in [6, 6.07) is 0. The Labute approximate surface area is 78.9 Å². The molecule has 1 unspecified atom stereocenters. The highest BCUT2D eigenvalue weighted by atomic mass is 16.6. The molecule has 0 rings (SSSR count). The smallest absolute Gasteiger partial charge is 0.164 e. The van der Waals surface area contributed by atoms with Crippen LogP contribution in [0, 0.1) is 5.41 Å². The van der Waals surface area contributed by atoms with E-state index in [1.54, 1.807) is 27.7 Å². The second-order valence-electron chi connectivity index (χ2n) is 4.37. The van der Waals surface area contributed by atoms with Crippen molar-refractivity contribution in [3.63, 3.8) is 0 Å². The van der Waals surface area contributed by atoms with E-state index in [4.69, 9.17) is 16.4 Å². The fourth-order valence-corrected chi connectivity index (χ4v) is 0.733. The van der Waals surface area contributed by atoms with Crippen molar-refractivity contribution in [1.29, 1.82) is 0 Å². The molecule has 1 atom stereocenters. The largest absolute Gasteiger partial charge is 0.367 e. The van der Waals surface area contributed by atoms with Gasteiger partial charge in [0.15, 0.2) is 6.29 Å². The highest BCUT2D eigenvalue weighted by molar-refractivity contribution is 4.73. The third-order valence-electron chi connectivity index (χ3n) is 1.54. The highest BCUT2D eigenvalue weighted by Gasteiger charge is 2.32. The SMILES string of the molecule is CC(C)(N)OC(O)C(C)(C)CON. The summed E-state index contributed by atoms with van der Waals surface area (Å²) in [5.41, 5.74) is 4.13. The molecule has 0 radical (unpaired) electrons. The van der Waals surface area contributed by atoms with Gasteiger partial charge in [0.2, 0.25) is 0 Å². The summed E-state index contributed by atoms with van der Waals surface area (Å²) in [4.78, 5) is 4.46. The molecule has 13 heavy (non-hydrogen) atoms. The molecule has 0 heterocycles. The molecule has 0 aromatic rings. The molecule has 80 valence electrons. The van der Waals surface area contributed by atoms with Gasteiger partial charge in [-0.2, -0.15) is 0 Å². The minimum absolute atomic E-state index is 0.199. The maximum absolute atomic E-state index is 9.61. The van der Waals surface area contributed by atoms with E-state index in [1.165, 1.54) is 0 Å². The maximum atomic E-state index is 9.61. The number of ether oxygens (including phenoxy) is 1. The Hall–Kier alpha value is -0.200. The van der Waals surface area contributed by atoms with Gasteiger partial charge in [-0.3, -0.25) is 0 Å². The lowest BCUT2D eigenvalue weighted by molar-refractivity contribution is -0.229. The topological polar surface area (TPSA) is 90.7 Å². The monoisotopic (exact) mass is 192 g/mol. The second kappa shape index (κ2) is 4.34. The molecule has 0 amide bonds. The molecule has 5 N–H and O–H groups in total. The Kier molecular flexibility index (Phi) is 4.28. The van der Waals surface area contributed by atoms with Crippen LogP contribution in [-0.4, -0.2) is 23.7 Å². The van der Waals surface area contributed by atoms with Crippen LogP contribution in [0.15, 0.2) is 0 Å². The average Bonchev–Trinajstić information content (AvgIpc) is 1.82. The Morgan fingerprint density at radius 2 is 1.77 bits per heavy atom. The average molecular weight is 192 g/mol. The number of nitrogens with two attached hydrogens (primary N) is 2. The zero-order chi connectivity index (χ0) is 10.7. The molecule has 0 saturated heterocycles. The van der Waals surface area contributed by atoms with Crippen molar-refractivity contribution in [3.8, 4) is 0 Å². The third-order valence-corrected chi connectivity index (χ3v) is 1.54. The quantitative estimate of drug-likeness (QED) is 0.419. The van der Waals surface area contributed by atoms with Gasteiger partial charge in [-0.25, -0.2) is 5.90 Å². The first-order valence-electron chi connectivity index (χ1n) is 4.15. The van der Waals surface area contributed by atoms with Crippen molar-refractivity contribution in [2.24, 2.45) is 17.0 Å². The van der Waals surface area contributed by atoms with Gasteiger partial charge >= 0.3 is 0 Å². The van der Waals surface area contributed by atoms with Crippen LogP contribution >= 0.6 is 0 Å². The Morgan fingerprint density at radius 1 is 1.31 bits per heavy atom. The second-order valence-corrected chi connectivity index (χ2v) is 4.37. The first-order chi connectivity index (χ1) is 5.69. The van der Waals surface area contributed by atoms with Gasteiger partial charge in [0.1, 0.15) is 5.72 Å². The lowest BCUT2D eigenvalue weighted by Crippen LogP contribution is -2.46. The van der Waals surface area contributed by atoms with Crippen molar-refractivity contribution in [3.05, 3.63) is 0 Å². The van der Waals surface area contributed by atoms with Crippen LogP contribution in [-0.2, 0) is 9.57 Å². The van der Waals surface area contributed by atoms with Crippen molar-refractivity contribution in [2.75, 3.05) is 6.61 Å². The van der Waals surface area contributed by atoms with E-state index in [1.807, 2.05) is 0 Å². The van der Waals surface area contributed by atoms with E-state index in [0.29, 0.717) is 0 Å². The summed E-state index contributed by atoms with van der Waals surface area (Å²) in [6.45, 7) is 7.07. The Bertz CT molecular complexity index is 154. The zero-order valence-electron chi connectivity index (χ0n) is 8.70. The molecule has 5 nitrogen and oxygen atoms in total. The lowest BCUT2D eigenvalue weighted by atomic mass is 9.94. The molecule has 0 bridgehead atoms. The first kappa shape index (κ1) is 12.8. The molecule has 0 aliphatic heterocycles. The Balaban J connectivity index is 4.16. The predicted molar refractivity (Wildman–Crippen MR) is 49.3 cm³/mol. The Morgan fingerprint density at radius 3 is 2.08 bits per heavy atom. The third kappa shape index (κ3) is 5.17. The highest BCUT2D eigenvalue weighted by Crippen LogP contribution is 2.23. The fraction of sp³-hybridized carbons (Fsp3) is 1.00. The van der Waals surface area contributed by atoms with E-state index < -0.39 is 17.4 Å². The summed E-state index contributed by atoms with van der Waals surface area (Å²) < 4.78 is 5.15. The van der Waals surface area contributed by atoms with Crippen LogP contribution in [0.3, 0.4) is 0 Å². The summed E-state index contributed by atoms with van der Waals surface area (Å²) in [5, 5.41) is 9.61. The van der Waals surface area contributed by atoms with Gasteiger partial charge in [-0.1, -0.05) is 13.8 Å². The predicted octanol–water partition coefficient (Wildman–Crippen LogP) is -0.0673. The van der Waals surface area contributed by atoms with Crippen LogP contribution in [0.5, 0.6) is 0 Å². The van der Waals surface area contributed by atoms with Crippen LogP contribution in [0.25, 0.3) is 0 Å². The number of aliphatic hydroxyl groups excluding tert-OH is 1. The van der Waals surface area contributed by atoms with E-state index in [9.17, 15) is 5.11 Å². The lowest BCUT2D eigenvalue weighted by Gasteiger charge is -2.33. The molecular weight excluding hydrogens is 172 g/mol. The molecule has 0 aromatic carbocycles. The minimum atomic E-state index is -1.00. The van der Waals surface area contributed by atoms with Gasteiger partial charge in [-0.15, -0.1) is 0 Å². The number of aliphatic hydroxyl groups is 1. The van der Waals surface area contributed by atoms with Gasteiger partial charge in [0.25, 0.3) is 0 Å². The first-order valence-corrected chi connectivity index (χ1v) is 4.15. The molecule has 0 aliphatic carbocycles. The van der Waals surface area contributed by atoms with E-state index in [2.05, 4.69) is 4.84 Å². The van der Waals surface area contributed by atoms with Crippen LogP contribution in [0.1, 0.15) is 27.7 Å². The van der Waals surface area contributed by atoms with Gasteiger partial charge in [0, 0.05) is 5.41 Å². The summed E-state index contributed by atoms with van der Waals surface area (Å²) >= 11 is 0. The molecule has 5 heteroatoms. The van der Waals surface area contributed by atoms with Crippen molar-refractivity contribution < 1.29 is 14.7 Å². The molecule has 0 spiro atoms. The van der Waals surface area contributed by atoms with E-state index >= 15 is 0 Å². The summed E-state index contributed by atoms with van der Waals surface area (Å²) in [7, 11) is 0. The maximum Gasteiger partial charge on any atom is 0.164 e. The van der Waals surface area contributed by atoms with E-state index in [0.717, 1.165) is 0 Å².